The van der Waals surface area contributed by atoms with E-state index in [0.717, 1.165) is 36.7 Å². The van der Waals surface area contributed by atoms with Crippen molar-refractivity contribution in [1.29, 1.82) is 0 Å². The van der Waals surface area contributed by atoms with E-state index in [4.69, 9.17) is 9.84 Å². The standard InChI is InChI=1S/C13H15BrO3S/c14-12-2-1-10(7-11(12)13(15)16)18-8-9-3-5-17-6-4-9/h1-2,7,9H,3-6,8H2,(H,15,16). The minimum Gasteiger partial charge on any atom is -0.478 e. The van der Waals surface area contributed by atoms with Crippen molar-refractivity contribution in [3.05, 3.63) is 28.2 Å². The molecule has 0 unspecified atom stereocenters. The van der Waals surface area contributed by atoms with Crippen LogP contribution in [0.4, 0.5) is 0 Å². The van der Waals surface area contributed by atoms with Crippen LogP contribution in [0.25, 0.3) is 0 Å². The van der Waals surface area contributed by atoms with E-state index >= 15 is 0 Å². The molecule has 1 aromatic rings. The fourth-order valence-electron chi connectivity index (χ4n) is 1.89. The van der Waals surface area contributed by atoms with E-state index in [2.05, 4.69) is 15.9 Å². The van der Waals surface area contributed by atoms with Gasteiger partial charge in [0.05, 0.1) is 5.56 Å². The number of benzene rings is 1. The van der Waals surface area contributed by atoms with Gasteiger partial charge in [-0.1, -0.05) is 0 Å². The van der Waals surface area contributed by atoms with E-state index in [1.54, 1.807) is 23.9 Å². The molecule has 0 radical (unpaired) electrons. The maximum absolute atomic E-state index is 11.0. The summed E-state index contributed by atoms with van der Waals surface area (Å²) in [5.74, 6) is 0.820. The molecule has 5 heteroatoms. The van der Waals surface area contributed by atoms with Crippen LogP contribution in [-0.4, -0.2) is 30.0 Å². The predicted octanol–water partition coefficient (Wildman–Crippen LogP) is 3.67. The first-order valence-electron chi connectivity index (χ1n) is 5.90. The van der Waals surface area contributed by atoms with Crippen molar-refractivity contribution in [1.82, 2.24) is 0 Å². The predicted molar refractivity (Wildman–Crippen MR) is 75.4 cm³/mol. The molecule has 0 aliphatic carbocycles. The van der Waals surface area contributed by atoms with Crippen LogP contribution in [0.15, 0.2) is 27.6 Å². The summed E-state index contributed by atoms with van der Waals surface area (Å²) >= 11 is 4.98. The Morgan fingerprint density at radius 1 is 1.44 bits per heavy atom. The average Bonchev–Trinajstić information content (AvgIpc) is 2.38. The number of thioether (sulfide) groups is 1. The van der Waals surface area contributed by atoms with Crippen molar-refractivity contribution < 1.29 is 14.6 Å². The largest absolute Gasteiger partial charge is 0.478 e. The van der Waals surface area contributed by atoms with Gasteiger partial charge in [-0.15, -0.1) is 11.8 Å². The monoisotopic (exact) mass is 330 g/mol. The fraction of sp³-hybridized carbons (Fsp3) is 0.462. The van der Waals surface area contributed by atoms with E-state index in [9.17, 15) is 4.79 Å². The third-order valence-electron chi connectivity index (χ3n) is 2.99. The lowest BCUT2D eigenvalue weighted by molar-refractivity contribution is 0.0695. The normalized spacial score (nSPS) is 16.7. The van der Waals surface area contributed by atoms with Crippen LogP contribution < -0.4 is 0 Å². The van der Waals surface area contributed by atoms with Crippen molar-refractivity contribution >= 4 is 33.7 Å². The van der Waals surface area contributed by atoms with Crippen molar-refractivity contribution in [2.24, 2.45) is 5.92 Å². The summed E-state index contributed by atoms with van der Waals surface area (Å²) in [7, 11) is 0. The molecule has 18 heavy (non-hydrogen) atoms. The molecule has 0 amide bonds. The molecule has 0 atom stereocenters. The highest BCUT2D eigenvalue weighted by molar-refractivity contribution is 9.10. The van der Waals surface area contributed by atoms with Crippen LogP contribution in [0.5, 0.6) is 0 Å². The summed E-state index contributed by atoms with van der Waals surface area (Å²) in [4.78, 5) is 12.0. The Balaban J connectivity index is 1.96. The van der Waals surface area contributed by atoms with E-state index in [0.29, 0.717) is 16.0 Å². The second-order valence-corrected chi connectivity index (χ2v) is 6.26. The maximum Gasteiger partial charge on any atom is 0.336 e. The maximum atomic E-state index is 11.0. The summed E-state index contributed by atoms with van der Waals surface area (Å²) in [6.07, 6.45) is 2.21. The Kier molecular flexibility index (Phi) is 5.09. The number of carbonyl (C=O) groups is 1. The molecule has 0 spiro atoms. The van der Waals surface area contributed by atoms with Crippen LogP contribution in [-0.2, 0) is 4.74 Å². The van der Waals surface area contributed by atoms with Gasteiger partial charge in [-0.2, -0.15) is 0 Å². The molecule has 1 aromatic carbocycles. The van der Waals surface area contributed by atoms with Gasteiger partial charge in [0, 0.05) is 28.3 Å². The summed E-state index contributed by atoms with van der Waals surface area (Å²) < 4.78 is 5.95. The highest BCUT2D eigenvalue weighted by Gasteiger charge is 2.15. The van der Waals surface area contributed by atoms with Gasteiger partial charge in [0.1, 0.15) is 0 Å². The molecule has 1 fully saturated rings. The van der Waals surface area contributed by atoms with Crippen molar-refractivity contribution in [2.75, 3.05) is 19.0 Å². The van der Waals surface area contributed by atoms with E-state index in [1.807, 2.05) is 6.07 Å². The van der Waals surface area contributed by atoms with Gasteiger partial charge >= 0.3 is 5.97 Å². The average molecular weight is 331 g/mol. The van der Waals surface area contributed by atoms with Gasteiger partial charge in [-0.25, -0.2) is 4.79 Å². The van der Waals surface area contributed by atoms with E-state index < -0.39 is 5.97 Å². The smallest absolute Gasteiger partial charge is 0.336 e. The minimum atomic E-state index is -0.893. The topological polar surface area (TPSA) is 46.5 Å². The van der Waals surface area contributed by atoms with Crippen LogP contribution in [0, 0.1) is 5.92 Å². The lowest BCUT2D eigenvalue weighted by Crippen LogP contribution is -2.17. The van der Waals surface area contributed by atoms with Crippen molar-refractivity contribution in [3.8, 4) is 0 Å². The second-order valence-electron chi connectivity index (χ2n) is 4.31. The molecule has 1 N–H and O–H groups in total. The number of carboxylic acid groups (broad SMARTS) is 1. The zero-order valence-electron chi connectivity index (χ0n) is 9.89. The molecule has 1 aliphatic rings. The van der Waals surface area contributed by atoms with E-state index in [1.165, 1.54) is 0 Å². The Morgan fingerprint density at radius 2 is 2.17 bits per heavy atom. The van der Waals surface area contributed by atoms with Gasteiger partial charge in [-0.3, -0.25) is 0 Å². The molecule has 0 bridgehead atoms. The second kappa shape index (κ2) is 6.59. The molecular weight excluding hydrogens is 316 g/mol. The molecule has 3 nitrogen and oxygen atoms in total. The first kappa shape index (κ1) is 13.9. The lowest BCUT2D eigenvalue weighted by Gasteiger charge is -2.21. The Hall–Kier alpha value is -0.520. The Morgan fingerprint density at radius 3 is 2.83 bits per heavy atom. The summed E-state index contributed by atoms with van der Waals surface area (Å²) in [6.45, 7) is 1.71. The number of ether oxygens (including phenoxy) is 1. The van der Waals surface area contributed by atoms with Gasteiger partial charge in [0.25, 0.3) is 0 Å². The van der Waals surface area contributed by atoms with Crippen molar-refractivity contribution in [2.45, 2.75) is 17.7 Å². The summed E-state index contributed by atoms with van der Waals surface area (Å²) in [5, 5.41) is 9.05. The molecule has 1 saturated heterocycles. The lowest BCUT2D eigenvalue weighted by atomic mass is 10.0. The Labute approximate surface area is 119 Å². The molecule has 2 rings (SSSR count). The number of halogens is 1. The molecular formula is C13H15BrO3S. The minimum absolute atomic E-state index is 0.326. The first-order chi connectivity index (χ1) is 8.66. The summed E-state index contributed by atoms with van der Waals surface area (Å²) in [6, 6.07) is 5.49. The third-order valence-corrected chi connectivity index (χ3v) is 4.91. The van der Waals surface area contributed by atoms with Gasteiger partial charge in [-0.05, 0) is 52.9 Å². The molecule has 98 valence electrons. The molecule has 0 aromatic heterocycles. The van der Waals surface area contributed by atoms with Crippen LogP contribution in [0.1, 0.15) is 23.2 Å². The third kappa shape index (κ3) is 3.73. The Bertz CT molecular complexity index is 430. The fourth-order valence-corrected chi connectivity index (χ4v) is 3.43. The number of rotatable bonds is 4. The van der Waals surface area contributed by atoms with Gasteiger partial charge < -0.3 is 9.84 Å². The number of aromatic carboxylic acids is 1. The van der Waals surface area contributed by atoms with Gasteiger partial charge in [0.15, 0.2) is 0 Å². The molecule has 0 saturated carbocycles. The van der Waals surface area contributed by atoms with Gasteiger partial charge in [0.2, 0.25) is 0 Å². The SMILES string of the molecule is O=C(O)c1cc(SCC2CCOCC2)ccc1Br. The zero-order chi connectivity index (χ0) is 13.0. The van der Waals surface area contributed by atoms with Crippen molar-refractivity contribution in [3.63, 3.8) is 0 Å². The van der Waals surface area contributed by atoms with Crippen LogP contribution >= 0.6 is 27.7 Å². The first-order valence-corrected chi connectivity index (χ1v) is 7.68. The number of carboxylic acids is 1. The van der Waals surface area contributed by atoms with Crippen LogP contribution in [0.2, 0.25) is 0 Å². The zero-order valence-corrected chi connectivity index (χ0v) is 12.3. The number of hydrogen-bond acceptors (Lipinski definition) is 3. The molecule has 1 heterocycles. The van der Waals surface area contributed by atoms with Crippen LogP contribution in [0.3, 0.4) is 0 Å². The highest BCUT2D eigenvalue weighted by atomic mass is 79.9. The molecule has 1 aliphatic heterocycles. The quantitative estimate of drug-likeness (QED) is 0.855. The number of hydrogen-bond donors (Lipinski definition) is 1. The van der Waals surface area contributed by atoms with E-state index in [-0.39, 0.29) is 0 Å². The highest BCUT2D eigenvalue weighted by Crippen LogP contribution is 2.28. The summed E-state index contributed by atoms with van der Waals surface area (Å²) in [5.41, 5.74) is 0.326.